The van der Waals surface area contributed by atoms with Gasteiger partial charge in [-0.1, -0.05) is 6.07 Å². The Morgan fingerprint density at radius 1 is 1.08 bits per heavy atom. The second-order valence-corrected chi connectivity index (χ2v) is 6.32. The summed E-state index contributed by atoms with van der Waals surface area (Å²) >= 11 is 0. The molecule has 1 aromatic rings. The lowest BCUT2D eigenvalue weighted by Gasteiger charge is -2.09. The van der Waals surface area contributed by atoms with E-state index >= 15 is 0 Å². The average molecular weight is 240 g/mol. The van der Waals surface area contributed by atoms with Crippen LogP contribution >= 0.6 is 31.4 Å². The minimum absolute atomic E-state index is 0.352. The molecule has 0 saturated carbocycles. The summed E-state index contributed by atoms with van der Waals surface area (Å²) in [4.78, 5) is 1.06. The summed E-state index contributed by atoms with van der Waals surface area (Å²) in [5.41, 5.74) is -0.521. The molecule has 0 nitrogen and oxygen atoms in total. The summed E-state index contributed by atoms with van der Waals surface area (Å²) in [6, 6.07) is 4.28. The van der Waals surface area contributed by atoms with Crippen molar-refractivity contribution < 1.29 is 13.2 Å². The number of alkyl halides is 3. The van der Waals surface area contributed by atoms with E-state index in [4.69, 9.17) is 0 Å². The standard InChI is InChI=1S/C7H3F3S3/c8-7(9,10)4-2-1-3-5-6(4)12-13-11-5/h1-3H. The lowest BCUT2D eigenvalue weighted by atomic mass is 10.2. The van der Waals surface area contributed by atoms with Crippen LogP contribution in [0.15, 0.2) is 28.0 Å². The minimum Gasteiger partial charge on any atom is -0.166 e. The highest BCUT2D eigenvalue weighted by atomic mass is 33.5. The first kappa shape index (κ1) is 9.61. The molecule has 0 saturated heterocycles. The van der Waals surface area contributed by atoms with Crippen molar-refractivity contribution in [1.82, 2.24) is 0 Å². The van der Waals surface area contributed by atoms with Crippen molar-refractivity contribution in [2.75, 3.05) is 0 Å². The highest BCUT2D eigenvalue weighted by Gasteiger charge is 2.36. The molecule has 0 amide bonds. The summed E-state index contributed by atoms with van der Waals surface area (Å²) in [5.74, 6) is 0. The Morgan fingerprint density at radius 2 is 1.85 bits per heavy atom. The van der Waals surface area contributed by atoms with Crippen molar-refractivity contribution >= 4 is 31.4 Å². The molecular weight excluding hydrogens is 237 g/mol. The molecule has 2 rings (SSSR count). The third kappa shape index (κ3) is 1.80. The van der Waals surface area contributed by atoms with Crippen LogP contribution in [0.1, 0.15) is 5.56 Å². The Morgan fingerprint density at radius 3 is 2.54 bits per heavy atom. The van der Waals surface area contributed by atoms with Crippen molar-refractivity contribution in [3.8, 4) is 0 Å². The Bertz CT molecular complexity index is 334. The smallest absolute Gasteiger partial charge is 0.166 e. The fraction of sp³-hybridized carbons (Fsp3) is 0.143. The van der Waals surface area contributed by atoms with Crippen molar-refractivity contribution in [1.29, 1.82) is 0 Å². The van der Waals surface area contributed by atoms with Gasteiger partial charge in [0.2, 0.25) is 0 Å². The van der Waals surface area contributed by atoms with E-state index in [1.807, 2.05) is 0 Å². The van der Waals surface area contributed by atoms with Gasteiger partial charge < -0.3 is 0 Å². The predicted molar refractivity (Wildman–Crippen MR) is 50.7 cm³/mol. The van der Waals surface area contributed by atoms with Crippen LogP contribution in [0, 0.1) is 0 Å². The highest BCUT2D eigenvalue weighted by Crippen LogP contribution is 2.58. The number of rotatable bonds is 0. The fourth-order valence-corrected chi connectivity index (χ4v) is 5.52. The van der Waals surface area contributed by atoms with Gasteiger partial charge in [0.15, 0.2) is 0 Å². The normalized spacial score (nSPS) is 15.9. The van der Waals surface area contributed by atoms with Crippen LogP contribution in [0.5, 0.6) is 0 Å². The molecule has 0 radical (unpaired) electrons. The van der Waals surface area contributed by atoms with E-state index in [1.165, 1.54) is 37.5 Å². The van der Waals surface area contributed by atoms with E-state index in [0.29, 0.717) is 9.79 Å². The van der Waals surface area contributed by atoms with Crippen molar-refractivity contribution in [2.24, 2.45) is 0 Å². The number of halogens is 3. The van der Waals surface area contributed by atoms with Crippen LogP contribution in [-0.4, -0.2) is 0 Å². The fourth-order valence-electron chi connectivity index (χ4n) is 0.978. The van der Waals surface area contributed by atoms with Crippen molar-refractivity contribution in [2.45, 2.75) is 16.0 Å². The molecule has 6 heteroatoms. The monoisotopic (exact) mass is 240 g/mol. The van der Waals surface area contributed by atoms with Crippen LogP contribution in [0.25, 0.3) is 0 Å². The molecule has 1 aromatic carbocycles. The Kier molecular flexibility index (Phi) is 2.46. The minimum atomic E-state index is -4.23. The molecule has 0 fully saturated rings. The van der Waals surface area contributed by atoms with Gasteiger partial charge >= 0.3 is 6.18 Å². The molecule has 0 bridgehead atoms. The van der Waals surface area contributed by atoms with E-state index in [2.05, 4.69) is 0 Å². The third-order valence-corrected chi connectivity index (χ3v) is 5.59. The number of hydrogen-bond acceptors (Lipinski definition) is 3. The van der Waals surface area contributed by atoms with Crippen LogP contribution in [0.2, 0.25) is 0 Å². The lowest BCUT2D eigenvalue weighted by Crippen LogP contribution is -2.06. The molecular formula is C7H3F3S3. The second kappa shape index (κ2) is 3.33. The van der Waals surface area contributed by atoms with Gasteiger partial charge in [0.25, 0.3) is 0 Å². The van der Waals surface area contributed by atoms with Gasteiger partial charge in [0, 0.05) is 9.79 Å². The first-order chi connectivity index (χ1) is 6.09. The van der Waals surface area contributed by atoms with Gasteiger partial charge in [0.1, 0.15) is 0 Å². The number of fused-ring (bicyclic) bond motifs is 1. The predicted octanol–water partition coefficient (Wildman–Crippen LogP) is 4.47. The lowest BCUT2D eigenvalue weighted by molar-refractivity contribution is -0.140. The Balaban J connectivity index is 2.54. The molecule has 70 valence electrons. The molecule has 1 heterocycles. The van der Waals surface area contributed by atoms with Gasteiger partial charge in [-0.05, 0) is 43.5 Å². The van der Waals surface area contributed by atoms with Gasteiger partial charge in [-0.3, -0.25) is 0 Å². The quantitative estimate of drug-likeness (QED) is 0.614. The van der Waals surface area contributed by atoms with E-state index in [9.17, 15) is 13.2 Å². The highest BCUT2D eigenvalue weighted by molar-refractivity contribution is 9.10. The summed E-state index contributed by atoms with van der Waals surface area (Å²) in [6.07, 6.45) is -4.23. The van der Waals surface area contributed by atoms with Gasteiger partial charge in [-0.25, -0.2) is 0 Å². The van der Waals surface area contributed by atoms with Crippen LogP contribution in [0.3, 0.4) is 0 Å². The second-order valence-electron chi connectivity index (χ2n) is 2.37. The van der Waals surface area contributed by atoms with Gasteiger partial charge in [-0.15, -0.1) is 0 Å². The molecule has 13 heavy (non-hydrogen) atoms. The van der Waals surface area contributed by atoms with Crippen LogP contribution < -0.4 is 0 Å². The third-order valence-electron chi connectivity index (χ3n) is 1.53. The maximum absolute atomic E-state index is 12.4. The SMILES string of the molecule is FC(F)(F)c1cccc2c1SSS2. The topological polar surface area (TPSA) is 0 Å². The Labute approximate surface area is 84.5 Å². The largest absolute Gasteiger partial charge is 0.417 e. The number of hydrogen-bond donors (Lipinski definition) is 0. The number of benzene rings is 1. The maximum Gasteiger partial charge on any atom is 0.417 e. The molecule has 0 spiro atoms. The molecule has 0 aromatic heterocycles. The van der Waals surface area contributed by atoms with E-state index in [0.717, 1.165) is 6.07 Å². The first-order valence-corrected chi connectivity index (χ1v) is 6.79. The summed E-state index contributed by atoms with van der Waals surface area (Å²) < 4.78 is 37.2. The molecule has 1 aliphatic rings. The van der Waals surface area contributed by atoms with Crippen molar-refractivity contribution in [3.63, 3.8) is 0 Å². The van der Waals surface area contributed by atoms with E-state index < -0.39 is 11.7 Å². The van der Waals surface area contributed by atoms with Crippen LogP contribution in [0.4, 0.5) is 13.2 Å². The molecule has 0 atom stereocenters. The molecule has 0 unspecified atom stereocenters. The van der Waals surface area contributed by atoms with E-state index in [-0.39, 0.29) is 0 Å². The first-order valence-electron chi connectivity index (χ1n) is 3.30. The molecule has 0 N–H and O–H groups in total. The summed E-state index contributed by atoms with van der Waals surface area (Å²) in [5, 5.41) is 0. The summed E-state index contributed by atoms with van der Waals surface area (Å²) in [7, 11) is 3.93. The Hall–Kier alpha value is 0.0600. The zero-order chi connectivity index (χ0) is 9.47. The van der Waals surface area contributed by atoms with Gasteiger partial charge in [0.05, 0.1) is 5.56 Å². The zero-order valence-electron chi connectivity index (χ0n) is 6.09. The van der Waals surface area contributed by atoms with Crippen LogP contribution in [-0.2, 0) is 6.18 Å². The zero-order valence-corrected chi connectivity index (χ0v) is 8.54. The summed E-state index contributed by atoms with van der Waals surface area (Å²) in [6.45, 7) is 0. The average Bonchev–Trinajstić information content (AvgIpc) is 2.48. The molecule has 0 aliphatic carbocycles. The molecule has 1 aliphatic heterocycles. The maximum atomic E-state index is 12.4. The van der Waals surface area contributed by atoms with Crippen molar-refractivity contribution in [3.05, 3.63) is 23.8 Å². The van der Waals surface area contributed by atoms with Gasteiger partial charge in [-0.2, -0.15) is 13.2 Å². The van der Waals surface area contributed by atoms with E-state index in [1.54, 1.807) is 6.07 Å².